The summed E-state index contributed by atoms with van der Waals surface area (Å²) in [6.45, 7) is 0. The molecule has 0 radical (unpaired) electrons. The summed E-state index contributed by atoms with van der Waals surface area (Å²) in [6, 6.07) is 16.4. The number of pyridine rings is 3. The van der Waals surface area contributed by atoms with Crippen LogP contribution in [0.5, 0.6) is 5.75 Å². The Kier molecular flexibility index (Phi) is 5.67. The molecule has 0 aliphatic heterocycles. The standard InChI is InChI=1S/C30H19FN8O2/c31-19-6-17(8-21(40)9-19)23-13-33-14-26-27(23)37-29(36-26)28-22-10-24(34-15-25(22)38-39-28)18-7-20(12-32-11-18)35-30(41)16-4-2-1-3-5-16/h1-15,40H,(H,35,41)(H,36,37)(H,38,39). The predicted molar refractivity (Wildman–Crippen MR) is 151 cm³/mol. The van der Waals surface area contributed by atoms with Gasteiger partial charge in [-0.1, -0.05) is 18.2 Å². The number of hydrogen-bond donors (Lipinski definition) is 4. The van der Waals surface area contributed by atoms with Gasteiger partial charge in [-0.05, 0) is 42.0 Å². The Bertz CT molecular complexity index is 2070. The highest BCUT2D eigenvalue weighted by Gasteiger charge is 2.17. The summed E-state index contributed by atoms with van der Waals surface area (Å²) in [6.07, 6.45) is 8.10. The number of anilines is 1. The van der Waals surface area contributed by atoms with Crippen molar-refractivity contribution in [2.24, 2.45) is 0 Å². The molecule has 0 unspecified atom stereocenters. The molecule has 0 saturated heterocycles. The number of rotatable bonds is 5. The van der Waals surface area contributed by atoms with Gasteiger partial charge in [0.05, 0.1) is 46.5 Å². The molecule has 4 N–H and O–H groups in total. The number of phenolic OH excluding ortho intramolecular Hbond substituents is 1. The molecule has 5 aromatic heterocycles. The molecule has 5 heterocycles. The third-order valence-electron chi connectivity index (χ3n) is 6.59. The SMILES string of the molecule is O=C(Nc1cncc(-c2cc3c(-c4nc5c(-c6cc(O)cc(F)c6)cncc5[nH]4)n[nH]c3cn2)c1)c1ccccc1. The summed E-state index contributed by atoms with van der Waals surface area (Å²) < 4.78 is 14.0. The number of imidazole rings is 1. The van der Waals surface area contributed by atoms with Crippen LogP contribution in [0.3, 0.4) is 0 Å². The van der Waals surface area contributed by atoms with Crippen molar-refractivity contribution in [3.05, 3.63) is 103 Å². The lowest BCUT2D eigenvalue weighted by atomic mass is 10.1. The van der Waals surface area contributed by atoms with E-state index in [1.165, 1.54) is 12.1 Å². The zero-order valence-corrected chi connectivity index (χ0v) is 21.1. The molecule has 0 spiro atoms. The number of aromatic hydroxyl groups is 1. The van der Waals surface area contributed by atoms with Crippen LogP contribution in [0.4, 0.5) is 10.1 Å². The van der Waals surface area contributed by atoms with Crippen molar-refractivity contribution in [3.8, 4) is 39.7 Å². The molecule has 198 valence electrons. The van der Waals surface area contributed by atoms with Crippen LogP contribution < -0.4 is 5.32 Å². The summed E-state index contributed by atoms with van der Waals surface area (Å²) >= 11 is 0. The maximum Gasteiger partial charge on any atom is 0.255 e. The van der Waals surface area contributed by atoms with Crippen LogP contribution in [0.15, 0.2) is 91.6 Å². The van der Waals surface area contributed by atoms with Crippen molar-refractivity contribution in [3.63, 3.8) is 0 Å². The number of benzene rings is 2. The van der Waals surface area contributed by atoms with E-state index in [2.05, 4.69) is 35.5 Å². The van der Waals surface area contributed by atoms with Gasteiger partial charge < -0.3 is 15.4 Å². The minimum absolute atomic E-state index is 0.190. The summed E-state index contributed by atoms with van der Waals surface area (Å²) in [7, 11) is 0. The lowest BCUT2D eigenvalue weighted by molar-refractivity contribution is 0.102. The van der Waals surface area contributed by atoms with E-state index in [9.17, 15) is 14.3 Å². The van der Waals surface area contributed by atoms with Gasteiger partial charge in [0.1, 0.15) is 17.3 Å². The Balaban J connectivity index is 1.25. The van der Waals surface area contributed by atoms with Gasteiger partial charge >= 0.3 is 0 Å². The first-order chi connectivity index (χ1) is 20.0. The fraction of sp³-hybridized carbons (Fsp3) is 0. The number of hydrogen-bond acceptors (Lipinski definition) is 7. The Labute approximate surface area is 231 Å². The van der Waals surface area contributed by atoms with Crippen LogP contribution in [0.25, 0.3) is 55.8 Å². The Morgan fingerprint density at radius 1 is 0.878 bits per heavy atom. The van der Waals surface area contributed by atoms with Crippen molar-refractivity contribution in [1.82, 2.24) is 35.1 Å². The average Bonchev–Trinajstić information content (AvgIpc) is 3.61. The van der Waals surface area contributed by atoms with Gasteiger partial charge in [-0.3, -0.25) is 24.8 Å². The van der Waals surface area contributed by atoms with Crippen molar-refractivity contribution in [1.29, 1.82) is 0 Å². The van der Waals surface area contributed by atoms with Crippen LogP contribution in [0.2, 0.25) is 0 Å². The predicted octanol–water partition coefficient (Wildman–Crippen LogP) is 5.72. The molecule has 10 nitrogen and oxygen atoms in total. The smallest absolute Gasteiger partial charge is 0.255 e. The highest BCUT2D eigenvalue weighted by Crippen LogP contribution is 2.33. The summed E-state index contributed by atoms with van der Waals surface area (Å²) in [5, 5.41) is 21.0. The second-order valence-corrected chi connectivity index (χ2v) is 9.34. The van der Waals surface area contributed by atoms with E-state index in [0.29, 0.717) is 61.7 Å². The first kappa shape index (κ1) is 24.1. The number of aromatic amines is 2. The maximum absolute atomic E-state index is 14.0. The number of nitrogens with one attached hydrogen (secondary N) is 3. The van der Waals surface area contributed by atoms with E-state index in [1.807, 2.05) is 12.1 Å². The molecule has 0 aliphatic rings. The Morgan fingerprint density at radius 3 is 2.59 bits per heavy atom. The number of phenols is 1. The second kappa shape index (κ2) is 9.65. The van der Waals surface area contributed by atoms with Crippen LogP contribution >= 0.6 is 0 Å². The highest BCUT2D eigenvalue weighted by atomic mass is 19.1. The van der Waals surface area contributed by atoms with Crippen LogP contribution in [0.1, 0.15) is 10.4 Å². The van der Waals surface area contributed by atoms with Gasteiger partial charge in [-0.15, -0.1) is 0 Å². The molecule has 7 aromatic rings. The molecule has 0 fully saturated rings. The van der Waals surface area contributed by atoms with Gasteiger partial charge in [0.25, 0.3) is 5.91 Å². The molecule has 11 heteroatoms. The molecule has 2 aromatic carbocycles. The fourth-order valence-electron chi connectivity index (χ4n) is 4.68. The molecular weight excluding hydrogens is 523 g/mol. The number of carbonyl (C=O) groups excluding carboxylic acids is 1. The molecule has 1 amide bonds. The van der Waals surface area contributed by atoms with Crippen molar-refractivity contribution in [2.75, 3.05) is 5.32 Å². The molecule has 0 saturated carbocycles. The van der Waals surface area contributed by atoms with Gasteiger partial charge in [0.15, 0.2) is 5.82 Å². The lowest BCUT2D eigenvalue weighted by Crippen LogP contribution is -2.11. The average molecular weight is 543 g/mol. The number of amides is 1. The number of carbonyl (C=O) groups is 1. The summed E-state index contributed by atoms with van der Waals surface area (Å²) in [4.78, 5) is 33.7. The second-order valence-electron chi connectivity index (χ2n) is 9.34. The topological polar surface area (TPSA) is 145 Å². The van der Waals surface area contributed by atoms with E-state index in [-0.39, 0.29) is 11.7 Å². The van der Waals surface area contributed by atoms with Gasteiger partial charge in [0.2, 0.25) is 0 Å². The van der Waals surface area contributed by atoms with Crippen LogP contribution in [0, 0.1) is 5.82 Å². The normalized spacial score (nSPS) is 11.2. The van der Waals surface area contributed by atoms with Crippen molar-refractivity contribution in [2.45, 2.75) is 0 Å². The van der Waals surface area contributed by atoms with Crippen LogP contribution in [-0.2, 0) is 0 Å². The molecule has 0 atom stereocenters. The molecular formula is C30H19FN8O2. The number of fused-ring (bicyclic) bond motifs is 2. The van der Waals surface area contributed by atoms with Gasteiger partial charge in [-0.25, -0.2) is 9.37 Å². The summed E-state index contributed by atoms with van der Waals surface area (Å²) in [5.41, 5.74) is 5.82. The fourth-order valence-corrected chi connectivity index (χ4v) is 4.68. The van der Waals surface area contributed by atoms with E-state index in [1.54, 1.807) is 61.3 Å². The Hall–Kier alpha value is -5.97. The molecule has 0 bridgehead atoms. The lowest BCUT2D eigenvalue weighted by Gasteiger charge is -2.07. The van der Waals surface area contributed by atoms with Crippen LogP contribution in [-0.4, -0.2) is 46.1 Å². The monoisotopic (exact) mass is 542 g/mol. The van der Waals surface area contributed by atoms with E-state index >= 15 is 0 Å². The third kappa shape index (κ3) is 4.51. The van der Waals surface area contributed by atoms with E-state index in [4.69, 9.17) is 4.98 Å². The largest absolute Gasteiger partial charge is 0.508 e. The third-order valence-corrected chi connectivity index (χ3v) is 6.59. The van der Waals surface area contributed by atoms with Gasteiger partial charge in [-0.2, -0.15) is 5.10 Å². The quantitative estimate of drug-likeness (QED) is 0.218. The van der Waals surface area contributed by atoms with E-state index < -0.39 is 5.82 Å². The molecule has 7 rings (SSSR count). The Morgan fingerprint density at radius 2 is 1.73 bits per heavy atom. The number of H-pyrrole nitrogens is 2. The summed E-state index contributed by atoms with van der Waals surface area (Å²) in [5.74, 6) is -0.522. The minimum Gasteiger partial charge on any atom is -0.508 e. The number of halogens is 1. The van der Waals surface area contributed by atoms with Crippen molar-refractivity contribution < 1.29 is 14.3 Å². The van der Waals surface area contributed by atoms with Gasteiger partial charge in [0, 0.05) is 40.5 Å². The molecule has 41 heavy (non-hydrogen) atoms. The maximum atomic E-state index is 14.0. The highest BCUT2D eigenvalue weighted by molar-refractivity contribution is 6.04. The first-order valence-corrected chi connectivity index (χ1v) is 12.5. The first-order valence-electron chi connectivity index (χ1n) is 12.5. The minimum atomic E-state index is -0.565. The number of nitrogens with zero attached hydrogens (tertiary/aromatic N) is 5. The zero-order valence-electron chi connectivity index (χ0n) is 21.1. The van der Waals surface area contributed by atoms with Crippen molar-refractivity contribution >= 4 is 33.5 Å². The van der Waals surface area contributed by atoms with E-state index in [0.717, 1.165) is 11.5 Å². The number of aromatic nitrogens is 7. The molecule has 0 aliphatic carbocycles. The zero-order chi connectivity index (χ0) is 27.9.